The highest BCUT2D eigenvalue weighted by Crippen LogP contribution is 2.61. The van der Waals surface area contributed by atoms with Crippen molar-refractivity contribution in [3.63, 3.8) is 0 Å². The lowest BCUT2D eigenvalue weighted by molar-refractivity contribution is -0.131. The van der Waals surface area contributed by atoms with Crippen LogP contribution in [0.4, 0.5) is 5.82 Å². The van der Waals surface area contributed by atoms with E-state index in [1.807, 2.05) is 0 Å². The number of amides is 2. The van der Waals surface area contributed by atoms with Crippen LogP contribution in [0.25, 0.3) is 0 Å². The van der Waals surface area contributed by atoms with Crippen molar-refractivity contribution in [3.05, 3.63) is 12.3 Å². The van der Waals surface area contributed by atoms with Crippen LogP contribution in [-0.4, -0.2) is 28.1 Å². The van der Waals surface area contributed by atoms with Crippen molar-refractivity contribution in [1.29, 1.82) is 0 Å². The molecule has 6 nitrogen and oxygen atoms in total. The largest absolute Gasteiger partial charge is 0.347 e. The van der Waals surface area contributed by atoms with E-state index in [4.69, 9.17) is 0 Å². The van der Waals surface area contributed by atoms with Gasteiger partial charge in [0.1, 0.15) is 5.82 Å². The molecule has 1 aromatic heterocycles. The fourth-order valence-corrected chi connectivity index (χ4v) is 6.20. The van der Waals surface area contributed by atoms with Gasteiger partial charge in [-0.1, -0.05) is 13.3 Å². The lowest BCUT2D eigenvalue weighted by Crippen LogP contribution is -2.48. The lowest BCUT2D eigenvalue weighted by Gasteiger charge is -2.56. The van der Waals surface area contributed by atoms with Gasteiger partial charge in [-0.3, -0.25) is 9.59 Å². The second-order valence-electron chi connectivity index (χ2n) is 9.21. The summed E-state index contributed by atoms with van der Waals surface area (Å²) in [5.41, 5.74) is 0.216. The molecule has 4 bridgehead atoms. The van der Waals surface area contributed by atoms with E-state index in [-0.39, 0.29) is 23.8 Å². The van der Waals surface area contributed by atoms with Crippen LogP contribution >= 0.6 is 0 Å². The molecule has 0 aliphatic heterocycles. The van der Waals surface area contributed by atoms with Crippen LogP contribution in [0.1, 0.15) is 64.7 Å². The fraction of sp³-hybridized carbons (Fsp3) is 0.762. The van der Waals surface area contributed by atoms with Crippen LogP contribution in [0.5, 0.6) is 0 Å². The Bertz CT molecular complexity index is 661. The highest BCUT2D eigenvalue weighted by atomic mass is 16.2. The van der Waals surface area contributed by atoms with Gasteiger partial charge in [0.25, 0.3) is 0 Å². The number of hydrogen-bond donors (Lipinski definition) is 2. The Balaban J connectivity index is 1.25. The summed E-state index contributed by atoms with van der Waals surface area (Å²) in [7, 11) is 0. The first-order valence-electron chi connectivity index (χ1n) is 10.6. The monoisotopic (exact) mass is 372 g/mol. The van der Waals surface area contributed by atoms with Gasteiger partial charge in [0.05, 0.1) is 12.7 Å². The van der Waals surface area contributed by atoms with Crippen molar-refractivity contribution >= 4 is 17.6 Å². The number of rotatable bonds is 8. The van der Waals surface area contributed by atoms with Gasteiger partial charge in [0.2, 0.25) is 11.8 Å². The van der Waals surface area contributed by atoms with E-state index in [0.29, 0.717) is 12.2 Å². The average molecular weight is 373 g/mol. The topological polar surface area (TPSA) is 76.0 Å². The minimum Gasteiger partial charge on any atom is -0.347 e. The molecule has 0 aromatic carbocycles. The van der Waals surface area contributed by atoms with Gasteiger partial charge in [-0.25, -0.2) is 4.68 Å². The Morgan fingerprint density at radius 3 is 2.44 bits per heavy atom. The average Bonchev–Trinajstić information content (AvgIpc) is 3.03. The van der Waals surface area contributed by atoms with Crippen molar-refractivity contribution in [2.75, 3.05) is 11.9 Å². The maximum Gasteiger partial charge on any atom is 0.244 e. The third-order valence-electron chi connectivity index (χ3n) is 6.85. The SMILES string of the molecule is CCCCn1nccc1NC(=O)CNC(=O)CC12CC3CC(CC(C3)C1)C2. The second kappa shape index (κ2) is 7.64. The van der Waals surface area contributed by atoms with E-state index in [1.54, 1.807) is 16.9 Å². The number of aromatic nitrogens is 2. The van der Waals surface area contributed by atoms with Crippen molar-refractivity contribution < 1.29 is 9.59 Å². The van der Waals surface area contributed by atoms with Gasteiger partial charge < -0.3 is 10.6 Å². The van der Waals surface area contributed by atoms with E-state index in [1.165, 1.54) is 38.5 Å². The molecule has 2 N–H and O–H groups in total. The van der Waals surface area contributed by atoms with E-state index in [0.717, 1.165) is 37.1 Å². The highest BCUT2D eigenvalue weighted by molar-refractivity contribution is 5.93. The smallest absolute Gasteiger partial charge is 0.244 e. The van der Waals surface area contributed by atoms with Crippen LogP contribution in [0, 0.1) is 23.2 Å². The van der Waals surface area contributed by atoms with Gasteiger partial charge >= 0.3 is 0 Å². The summed E-state index contributed by atoms with van der Waals surface area (Å²) in [5, 5.41) is 9.95. The Hall–Kier alpha value is -1.85. The predicted molar refractivity (Wildman–Crippen MR) is 104 cm³/mol. The normalized spacial score (nSPS) is 31.1. The minimum atomic E-state index is -0.188. The summed E-state index contributed by atoms with van der Waals surface area (Å²) in [6.45, 7) is 2.95. The highest BCUT2D eigenvalue weighted by Gasteiger charge is 2.51. The Kier molecular flexibility index (Phi) is 5.24. The number of carbonyl (C=O) groups excluding carboxylic acids is 2. The third-order valence-corrected chi connectivity index (χ3v) is 6.85. The van der Waals surface area contributed by atoms with Crippen molar-refractivity contribution in [2.24, 2.45) is 23.2 Å². The number of anilines is 1. The summed E-state index contributed by atoms with van der Waals surface area (Å²) in [5.74, 6) is 3.07. The Morgan fingerprint density at radius 2 is 1.81 bits per heavy atom. The number of carbonyl (C=O) groups is 2. The molecule has 4 saturated carbocycles. The molecular weight excluding hydrogens is 340 g/mol. The molecule has 0 saturated heterocycles. The summed E-state index contributed by atoms with van der Waals surface area (Å²) in [6.07, 6.45) is 12.2. The molecule has 4 fully saturated rings. The number of aryl methyl sites for hydroxylation is 1. The molecule has 1 aromatic rings. The van der Waals surface area contributed by atoms with E-state index in [2.05, 4.69) is 22.7 Å². The molecule has 0 spiro atoms. The minimum absolute atomic E-state index is 0.0319. The standard InChI is InChI=1S/C21H32N4O2/c1-2-3-6-25-18(4-5-23-25)24-20(27)14-22-19(26)13-21-10-15-7-16(11-21)9-17(8-15)12-21/h4-5,15-17H,2-3,6-14H2,1H3,(H,22,26)(H,24,27). The Morgan fingerprint density at radius 1 is 1.15 bits per heavy atom. The van der Waals surface area contributed by atoms with Crippen molar-refractivity contribution in [1.82, 2.24) is 15.1 Å². The summed E-state index contributed by atoms with van der Waals surface area (Å²) in [6, 6.07) is 1.80. The van der Waals surface area contributed by atoms with Crippen LogP contribution < -0.4 is 10.6 Å². The van der Waals surface area contributed by atoms with Crippen molar-refractivity contribution in [2.45, 2.75) is 71.3 Å². The van der Waals surface area contributed by atoms with Crippen LogP contribution in [-0.2, 0) is 16.1 Å². The zero-order valence-electron chi connectivity index (χ0n) is 16.4. The molecule has 6 heteroatoms. The lowest BCUT2D eigenvalue weighted by atomic mass is 9.49. The van der Waals surface area contributed by atoms with E-state index < -0.39 is 0 Å². The Labute approximate surface area is 161 Å². The van der Waals surface area contributed by atoms with Crippen LogP contribution in [0.2, 0.25) is 0 Å². The molecule has 5 rings (SSSR count). The maximum absolute atomic E-state index is 12.5. The third kappa shape index (κ3) is 4.19. The quantitative estimate of drug-likeness (QED) is 0.735. The molecule has 2 amide bonds. The number of nitrogens with one attached hydrogen (secondary N) is 2. The fourth-order valence-electron chi connectivity index (χ4n) is 6.20. The molecule has 0 radical (unpaired) electrons. The zero-order chi connectivity index (χ0) is 18.9. The van der Waals surface area contributed by atoms with E-state index in [9.17, 15) is 9.59 Å². The molecule has 1 heterocycles. The first-order valence-corrected chi connectivity index (χ1v) is 10.6. The van der Waals surface area contributed by atoms with Crippen molar-refractivity contribution in [3.8, 4) is 0 Å². The summed E-state index contributed by atoms with van der Waals surface area (Å²) >= 11 is 0. The van der Waals surface area contributed by atoms with Gasteiger partial charge in [-0.15, -0.1) is 0 Å². The zero-order valence-corrected chi connectivity index (χ0v) is 16.4. The molecule has 27 heavy (non-hydrogen) atoms. The number of nitrogens with zero attached hydrogens (tertiary/aromatic N) is 2. The molecule has 0 unspecified atom stereocenters. The first kappa shape index (κ1) is 18.5. The van der Waals surface area contributed by atoms with Gasteiger partial charge in [0, 0.05) is 19.0 Å². The molecule has 0 atom stereocenters. The van der Waals surface area contributed by atoms with E-state index >= 15 is 0 Å². The van der Waals surface area contributed by atoms with Gasteiger partial charge in [-0.2, -0.15) is 5.10 Å². The predicted octanol–water partition coefficient (Wildman–Crippen LogP) is 3.34. The molecule has 4 aliphatic rings. The van der Waals surface area contributed by atoms with Crippen LogP contribution in [0.3, 0.4) is 0 Å². The maximum atomic E-state index is 12.5. The number of unbranched alkanes of at least 4 members (excludes halogenated alkanes) is 1. The molecule has 4 aliphatic carbocycles. The molecular formula is C21H32N4O2. The second-order valence-corrected chi connectivity index (χ2v) is 9.21. The summed E-state index contributed by atoms with van der Waals surface area (Å²) < 4.78 is 1.80. The van der Waals surface area contributed by atoms with Gasteiger partial charge in [0.15, 0.2) is 0 Å². The summed E-state index contributed by atoms with van der Waals surface area (Å²) in [4.78, 5) is 24.8. The molecule has 148 valence electrons. The number of hydrogen-bond acceptors (Lipinski definition) is 3. The first-order chi connectivity index (χ1) is 13.0. The van der Waals surface area contributed by atoms with Gasteiger partial charge in [-0.05, 0) is 68.1 Å². The van der Waals surface area contributed by atoms with Crippen LogP contribution in [0.15, 0.2) is 12.3 Å².